The number of ether oxygens (including phenoxy) is 2. The molecule has 1 heterocycles. The number of carbonyl (C=O) groups is 2. The zero-order valence-electron chi connectivity index (χ0n) is 14.0. The number of aromatic nitrogens is 1. The predicted octanol–water partition coefficient (Wildman–Crippen LogP) is 4.00. The second-order valence-corrected chi connectivity index (χ2v) is 6.27. The van der Waals surface area contributed by atoms with Gasteiger partial charge in [-0.15, -0.1) is 0 Å². The summed E-state index contributed by atoms with van der Waals surface area (Å²) in [6.07, 6.45) is 2.92. The van der Waals surface area contributed by atoms with E-state index in [4.69, 9.17) is 9.47 Å². The van der Waals surface area contributed by atoms with E-state index in [0.29, 0.717) is 5.57 Å². The van der Waals surface area contributed by atoms with E-state index in [2.05, 4.69) is 0 Å². The molecule has 0 saturated carbocycles. The molecule has 0 fully saturated rings. The second-order valence-electron chi connectivity index (χ2n) is 6.27. The van der Waals surface area contributed by atoms with Crippen molar-refractivity contribution in [1.29, 1.82) is 0 Å². The third-order valence-electron chi connectivity index (χ3n) is 3.21. The van der Waals surface area contributed by atoms with Crippen LogP contribution in [0.2, 0.25) is 0 Å². The van der Waals surface area contributed by atoms with Crippen LogP contribution in [0.4, 0.5) is 4.79 Å². The quantitative estimate of drug-likeness (QED) is 0.621. The minimum absolute atomic E-state index is 0.404. The fourth-order valence-electron chi connectivity index (χ4n) is 2.24. The predicted molar refractivity (Wildman–Crippen MR) is 89.2 cm³/mol. The highest BCUT2D eigenvalue weighted by Gasteiger charge is 2.20. The molecule has 0 aliphatic heterocycles. The lowest BCUT2D eigenvalue weighted by Gasteiger charge is -2.19. The molecule has 0 amide bonds. The molecule has 1 aromatic carbocycles. The van der Waals surface area contributed by atoms with E-state index in [1.54, 1.807) is 19.2 Å². The molecule has 1 aromatic heterocycles. The Morgan fingerprint density at radius 2 is 1.83 bits per heavy atom. The van der Waals surface area contributed by atoms with Crippen molar-refractivity contribution in [1.82, 2.24) is 4.57 Å². The Bertz CT molecular complexity index is 778. The lowest BCUT2D eigenvalue weighted by Crippen LogP contribution is -2.26. The summed E-state index contributed by atoms with van der Waals surface area (Å²) in [6.45, 7) is 7.13. The van der Waals surface area contributed by atoms with Crippen LogP contribution in [0.25, 0.3) is 17.0 Å². The second kappa shape index (κ2) is 6.28. The molecule has 0 radical (unpaired) electrons. The lowest BCUT2D eigenvalue weighted by molar-refractivity contribution is -0.135. The number of hydrogen-bond acceptors (Lipinski definition) is 4. The van der Waals surface area contributed by atoms with Gasteiger partial charge in [-0.2, -0.15) is 0 Å². The Balaban J connectivity index is 2.53. The zero-order valence-corrected chi connectivity index (χ0v) is 14.0. The molecule has 0 saturated heterocycles. The van der Waals surface area contributed by atoms with Crippen molar-refractivity contribution in [3.63, 3.8) is 0 Å². The van der Waals surface area contributed by atoms with Gasteiger partial charge < -0.3 is 9.47 Å². The molecule has 2 aromatic rings. The number of methoxy groups -OCH3 is 1. The van der Waals surface area contributed by atoms with Crippen molar-refractivity contribution in [3.8, 4) is 0 Å². The average molecular weight is 315 g/mol. The molecule has 2 rings (SSSR count). The summed E-state index contributed by atoms with van der Waals surface area (Å²) in [5.41, 5.74) is 1.36. The van der Waals surface area contributed by atoms with Crippen molar-refractivity contribution in [3.05, 3.63) is 41.6 Å². The molecule has 0 atom stereocenters. The van der Waals surface area contributed by atoms with Gasteiger partial charge in [0.15, 0.2) is 0 Å². The first-order valence-electron chi connectivity index (χ1n) is 7.33. The maximum absolute atomic E-state index is 12.4. The van der Waals surface area contributed by atoms with Gasteiger partial charge in [0.25, 0.3) is 0 Å². The van der Waals surface area contributed by atoms with Crippen molar-refractivity contribution in [2.24, 2.45) is 0 Å². The number of benzene rings is 1. The van der Waals surface area contributed by atoms with E-state index >= 15 is 0 Å². The molecule has 0 spiro atoms. The number of fused-ring (bicyclic) bond motifs is 1. The molecular weight excluding hydrogens is 294 g/mol. The van der Waals surface area contributed by atoms with Crippen LogP contribution in [0.1, 0.15) is 33.3 Å². The van der Waals surface area contributed by atoms with Crippen LogP contribution >= 0.6 is 0 Å². The van der Waals surface area contributed by atoms with Gasteiger partial charge in [0, 0.05) is 22.7 Å². The minimum atomic E-state index is -0.583. The minimum Gasteiger partial charge on any atom is -0.466 e. The fraction of sp³-hybridized carbons (Fsp3) is 0.333. The summed E-state index contributed by atoms with van der Waals surface area (Å²) in [5, 5.41) is 0.863. The van der Waals surface area contributed by atoms with E-state index in [9.17, 15) is 9.59 Å². The number of nitrogens with zero attached hydrogens (tertiary/aromatic N) is 1. The largest absolute Gasteiger partial charge is 0.466 e. The van der Waals surface area contributed by atoms with Crippen LogP contribution in [0, 0.1) is 0 Å². The van der Waals surface area contributed by atoms with Gasteiger partial charge in [0.2, 0.25) is 0 Å². The molecule has 0 N–H and O–H groups in total. The van der Waals surface area contributed by atoms with Crippen LogP contribution in [-0.4, -0.2) is 29.3 Å². The normalized spacial score (nSPS) is 12.3. The third kappa shape index (κ3) is 3.80. The summed E-state index contributed by atoms with van der Waals surface area (Å²) in [4.78, 5) is 24.0. The number of para-hydroxylation sites is 1. The van der Waals surface area contributed by atoms with Crippen LogP contribution in [0.3, 0.4) is 0 Å². The van der Waals surface area contributed by atoms with Crippen molar-refractivity contribution >= 4 is 29.0 Å². The average Bonchev–Trinajstić information content (AvgIpc) is 2.84. The maximum Gasteiger partial charge on any atom is 0.419 e. The maximum atomic E-state index is 12.4. The number of esters is 1. The molecule has 0 aliphatic rings. The summed E-state index contributed by atoms with van der Waals surface area (Å²) >= 11 is 0. The van der Waals surface area contributed by atoms with Crippen LogP contribution < -0.4 is 0 Å². The Morgan fingerprint density at radius 3 is 2.43 bits per heavy atom. The summed E-state index contributed by atoms with van der Waals surface area (Å²) < 4.78 is 11.6. The highest BCUT2D eigenvalue weighted by atomic mass is 16.6. The SMILES string of the molecule is COC(=O)/C(C)=C/c1cn(C(=O)OC(C)(C)C)c2ccccc12. The summed E-state index contributed by atoms with van der Waals surface area (Å²) in [5.74, 6) is -0.404. The van der Waals surface area contributed by atoms with E-state index in [1.807, 2.05) is 45.0 Å². The highest BCUT2D eigenvalue weighted by Crippen LogP contribution is 2.25. The van der Waals surface area contributed by atoms with Crippen molar-refractivity contribution in [2.75, 3.05) is 7.11 Å². The van der Waals surface area contributed by atoms with Crippen molar-refractivity contribution in [2.45, 2.75) is 33.3 Å². The number of carbonyl (C=O) groups excluding carboxylic acids is 2. The molecular formula is C18H21NO4. The van der Waals surface area contributed by atoms with Crippen LogP contribution in [-0.2, 0) is 14.3 Å². The molecule has 5 heteroatoms. The van der Waals surface area contributed by atoms with E-state index < -0.39 is 17.7 Å². The van der Waals surface area contributed by atoms with Crippen LogP contribution in [0.5, 0.6) is 0 Å². The molecule has 122 valence electrons. The first kappa shape index (κ1) is 16.8. The highest BCUT2D eigenvalue weighted by molar-refractivity contribution is 6.00. The Morgan fingerprint density at radius 1 is 1.17 bits per heavy atom. The van der Waals surface area contributed by atoms with Crippen molar-refractivity contribution < 1.29 is 19.1 Å². The molecule has 23 heavy (non-hydrogen) atoms. The lowest BCUT2D eigenvalue weighted by atomic mass is 10.1. The zero-order chi connectivity index (χ0) is 17.2. The standard InChI is InChI=1S/C18H21NO4/c1-12(16(20)22-5)10-13-11-19(17(21)23-18(2,3)4)15-9-7-6-8-14(13)15/h6-11H,1-5H3/b12-10+. The number of hydrogen-bond donors (Lipinski definition) is 0. The molecule has 0 bridgehead atoms. The molecule has 0 unspecified atom stereocenters. The monoisotopic (exact) mass is 315 g/mol. The molecule has 5 nitrogen and oxygen atoms in total. The first-order valence-corrected chi connectivity index (χ1v) is 7.33. The smallest absolute Gasteiger partial charge is 0.419 e. The van der Waals surface area contributed by atoms with E-state index in [-0.39, 0.29) is 0 Å². The van der Waals surface area contributed by atoms with Gasteiger partial charge in [0.1, 0.15) is 5.60 Å². The topological polar surface area (TPSA) is 57.5 Å². The third-order valence-corrected chi connectivity index (χ3v) is 3.21. The van der Waals surface area contributed by atoms with Gasteiger partial charge >= 0.3 is 12.1 Å². The van der Waals surface area contributed by atoms with Gasteiger partial charge in [-0.05, 0) is 39.8 Å². The van der Waals surface area contributed by atoms with Crippen LogP contribution in [0.15, 0.2) is 36.0 Å². The first-order chi connectivity index (χ1) is 10.7. The van der Waals surface area contributed by atoms with E-state index in [1.165, 1.54) is 11.7 Å². The van der Waals surface area contributed by atoms with Gasteiger partial charge in [-0.3, -0.25) is 4.57 Å². The summed E-state index contributed by atoms with van der Waals surface area (Å²) in [7, 11) is 1.34. The van der Waals surface area contributed by atoms with Gasteiger partial charge in [-0.1, -0.05) is 18.2 Å². The Labute approximate surface area is 135 Å². The molecule has 0 aliphatic carbocycles. The van der Waals surface area contributed by atoms with Gasteiger partial charge in [0.05, 0.1) is 12.6 Å². The Kier molecular flexibility index (Phi) is 4.59. The summed E-state index contributed by atoms with van der Waals surface area (Å²) in [6, 6.07) is 7.47. The fourth-order valence-corrected chi connectivity index (χ4v) is 2.24. The Hall–Kier alpha value is -2.56. The van der Waals surface area contributed by atoms with E-state index in [0.717, 1.165) is 16.5 Å². The number of rotatable bonds is 2. The van der Waals surface area contributed by atoms with Gasteiger partial charge in [-0.25, -0.2) is 9.59 Å².